The standard InChI is InChI=1S/C23H30N6O8/c1-11(20(33)28-16(23(36)37)6-7-18(25)30)27-22(35)17(29-21(34)14(24)9-19(31)32)8-12-10-26-15-5-3-2-4-13(12)15/h2-5,10-11,14,16-17,26H,6-9,24H2,1H3,(H2,25,30)(H,27,35)(H,28,33)(H,29,34)(H,31,32)(H,36,37). The average molecular weight is 519 g/mol. The van der Waals surface area contributed by atoms with E-state index in [1.165, 1.54) is 6.92 Å². The van der Waals surface area contributed by atoms with Gasteiger partial charge in [-0.1, -0.05) is 18.2 Å². The molecule has 0 radical (unpaired) electrons. The van der Waals surface area contributed by atoms with Gasteiger partial charge in [-0.05, 0) is 25.0 Å². The Morgan fingerprint density at radius 2 is 1.59 bits per heavy atom. The number of fused-ring (bicyclic) bond motifs is 1. The number of aromatic nitrogens is 1. The predicted molar refractivity (Wildman–Crippen MR) is 130 cm³/mol. The van der Waals surface area contributed by atoms with E-state index in [2.05, 4.69) is 20.9 Å². The van der Waals surface area contributed by atoms with Crippen LogP contribution in [0.2, 0.25) is 0 Å². The second-order valence-electron chi connectivity index (χ2n) is 8.46. The molecule has 200 valence electrons. The van der Waals surface area contributed by atoms with Crippen molar-refractivity contribution < 1.29 is 39.0 Å². The maximum Gasteiger partial charge on any atom is 0.326 e. The highest BCUT2D eigenvalue weighted by Crippen LogP contribution is 2.19. The summed E-state index contributed by atoms with van der Waals surface area (Å²) >= 11 is 0. The summed E-state index contributed by atoms with van der Waals surface area (Å²) in [7, 11) is 0. The van der Waals surface area contributed by atoms with Crippen LogP contribution >= 0.6 is 0 Å². The van der Waals surface area contributed by atoms with Gasteiger partial charge in [0.1, 0.15) is 18.1 Å². The van der Waals surface area contributed by atoms with Crippen LogP contribution in [0.1, 0.15) is 31.7 Å². The number of carbonyl (C=O) groups is 6. The van der Waals surface area contributed by atoms with Crippen LogP contribution in [0.3, 0.4) is 0 Å². The highest BCUT2D eigenvalue weighted by atomic mass is 16.4. The van der Waals surface area contributed by atoms with Gasteiger partial charge in [0.05, 0.1) is 12.5 Å². The van der Waals surface area contributed by atoms with Crippen LogP contribution in [0.15, 0.2) is 30.5 Å². The fourth-order valence-electron chi connectivity index (χ4n) is 3.51. The topological polar surface area (TPSA) is 247 Å². The molecule has 1 aromatic carbocycles. The van der Waals surface area contributed by atoms with Crippen LogP contribution in [0.5, 0.6) is 0 Å². The lowest BCUT2D eigenvalue weighted by Gasteiger charge is -2.23. The molecule has 1 heterocycles. The lowest BCUT2D eigenvalue weighted by molar-refractivity contribution is -0.142. The van der Waals surface area contributed by atoms with E-state index in [0.717, 1.165) is 10.9 Å². The van der Waals surface area contributed by atoms with Crippen molar-refractivity contribution in [2.24, 2.45) is 11.5 Å². The van der Waals surface area contributed by atoms with Crippen molar-refractivity contribution in [1.82, 2.24) is 20.9 Å². The first kappa shape index (κ1) is 28.8. The first-order valence-electron chi connectivity index (χ1n) is 11.3. The third kappa shape index (κ3) is 8.61. The van der Waals surface area contributed by atoms with Crippen molar-refractivity contribution in [2.45, 2.75) is 56.8 Å². The van der Waals surface area contributed by atoms with Crippen molar-refractivity contribution in [3.8, 4) is 0 Å². The largest absolute Gasteiger partial charge is 0.481 e. The third-order valence-corrected chi connectivity index (χ3v) is 5.51. The van der Waals surface area contributed by atoms with Crippen molar-refractivity contribution in [3.63, 3.8) is 0 Å². The highest BCUT2D eigenvalue weighted by molar-refractivity contribution is 5.95. The number of carbonyl (C=O) groups excluding carboxylic acids is 4. The van der Waals surface area contributed by atoms with Crippen LogP contribution in [-0.2, 0) is 35.2 Å². The molecule has 2 rings (SSSR count). The molecule has 2 aromatic rings. The first-order valence-corrected chi connectivity index (χ1v) is 11.3. The second-order valence-corrected chi connectivity index (χ2v) is 8.46. The number of nitrogens with two attached hydrogens (primary N) is 2. The molecule has 0 saturated carbocycles. The summed E-state index contributed by atoms with van der Waals surface area (Å²) in [6.45, 7) is 1.31. The third-order valence-electron chi connectivity index (χ3n) is 5.51. The number of amides is 4. The van der Waals surface area contributed by atoms with Gasteiger partial charge < -0.3 is 42.6 Å². The zero-order chi connectivity index (χ0) is 27.7. The van der Waals surface area contributed by atoms with E-state index in [1.54, 1.807) is 12.3 Å². The molecule has 37 heavy (non-hydrogen) atoms. The zero-order valence-electron chi connectivity index (χ0n) is 20.0. The molecule has 10 N–H and O–H groups in total. The van der Waals surface area contributed by atoms with Gasteiger partial charge in [0.25, 0.3) is 0 Å². The molecule has 0 spiro atoms. The number of H-pyrrole nitrogens is 1. The predicted octanol–water partition coefficient (Wildman–Crippen LogP) is -1.66. The van der Waals surface area contributed by atoms with Crippen molar-refractivity contribution >= 4 is 46.5 Å². The van der Waals surface area contributed by atoms with E-state index in [9.17, 15) is 33.9 Å². The maximum atomic E-state index is 13.1. The Morgan fingerprint density at radius 3 is 2.22 bits per heavy atom. The van der Waals surface area contributed by atoms with Crippen molar-refractivity contribution in [3.05, 3.63) is 36.0 Å². The van der Waals surface area contributed by atoms with E-state index in [-0.39, 0.29) is 19.3 Å². The first-order chi connectivity index (χ1) is 17.4. The Hall–Kier alpha value is -4.46. The van der Waals surface area contributed by atoms with Gasteiger partial charge in [-0.25, -0.2) is 4.79 Å². The Balaban J connectivity index is 2.17. The summed E-state index contributed by atoms with van der Waals surface area (Å²) < 4.78 is 0. The normalized spacial score (nSPS) is 14.1. The number of carboxylic acid groups (broad SMARTS) is 2. The van der Waals surface area contributed by atoms with Crippen LogP contribution in [0, 0.1) is 0 Å². The number of aromatic amines is 1. The molecular weight excluding hydrogens is 488 g/mol. The summed E-state index contributed by atoms with van der Waals surface area (Å²) in [5, 5.41) is 26.0. The Bertz CT molecular complexity index is 1180. The number of para-hydroxylation sites is 1. The molecule has 14 heteroatoms. The molecule has 4 atom stereocenters. The van der Waals surface area contributed by atoms with E-state index in [0.29, 0.717) is 5.56 Å². The van der Waals surface area contributed by atoms with Crippen LogP contribution in [0.25, 0.3) is 10.9 Å². The molecule has 0 aliphatic carbocycles. The molecule has 0 bridgehead atoms. The fourth-order valence-corrected chi connectivity index (χ4v) is 3.51. The molecule has 4 unspecified atom stereocenters. The van der Waals surface area contributed by atoms with Gasteiger partial charge in [0.2, 0.25) is 23.6 Å². The number of primary amides is 1. The number of hydrogen-bond acceptors (Lipinski definition) is 7. The van der Waals surface area contributed by atoms with Gasteiger partial charge in [-0.2, -0.15) is 0 Å². The smallest absolute Gasteiger partial charge is 0.326 e. The second kappa shape index (κ2) is 13.0. The van der Waals surface area contributed by atoms with Gasteiger partial charge in [0, 0.05) is 29.9 Å². The van der Waals surface area contributed by atoms with Crippen LogP contribution in [-0.4, -0.2) is 74.9 Å². The number of nitrogens with one attached hydrogen (secondary N) is 4. The summed E-state index contributed by atoms with van der Waals surface area (Å²) in [5.74, 6) is -5.92. The number of benzene rings is 1. The van der Waals surface area contributed by atoms with Crippen LogP contribution in [0.4, 0.5) is 0 Å². The van der Waals surface area contributed by atoms with Crippen molar-refractivity contribution in [1.29, 1.82) is 0 Å². The summed E-state index contributed by atoms with van der Waals surface area (Å²) in [5.41, 5.74) is 12.1. The highest BCUT2D eigenvalue weighted by Gasteiger charge is 2.29. The van der Waals surface area contributed by atoms with E-state index in [1.807, 2.05) is 18.2 Å². The molecule has 4 amide bonds. The molecule has 1 aromatic heterocycles. The molecule has 0 aliphatic heterocycles. The lowest BCUT2D eigenvalue weighted by atomic mass is 10.0. The maximum absolute atomic E-state index is 13.1. The number of aliphatic carboxylic acids is 2. The molecular formula is C23H30N6O8. The monoisotopic (exact) mass is 518 g/mol. The fraction of sp³-hybridized carbons (Fsp3) is 0.391. The van der Waals surface area contributed by atoms with Gasteiger partial charge >= 0.3 is 11.9 Å². The minimum atomic E-state index is -1.42. The van der Waals surface area contributed by atoms with E-state index in [4.69, 9.17) is 16.6 Å². The minimum absolute atomic E-state index is 0.0217. The molecule has 14 nitrogen and oxygen atoms in total. The van der Waals surface area contributed by atoms with Gasteiger partial charge in [0.15, 0.2) is 0 Å². The quantitative estimate of drug-likeness (QED) is 0.142. The van der Waals surface area contributed by atoms with Gasteiger partial charge in [-0.15, -0.1) is 0 Å². The molecule has 0 saturated heterocycles. The lowest BCUT2D eigenvalue weighted by Crippen LogP contribution is -2.57. The minimum Gasteiger partial charge on any atom is -0.481 e. The molecule has 0 fully saturated rings. The molecule has 0 aliphatic rings. The summed E-state index contributed by atoms with van der Waals surface area (Å²) in [4.78, 5) is 74.4. The number of rotatable bonds is 14. The summed E-state index contributed by atoms with van der Waals surface area (Å²) in [6, 6.07) is 1.94. The van der Waals surface area contributed by atoms with E-state index >= 15 is 0 Å². The Labute approximate surface area is 211 Å². The zero-order valence-corrected chi connectivity index (χ0v) is 20.0. The number of carboxylic acids is 2. The number of hydrogen-bond donors (Lipinski definition) is 8. The van der Waals surface area contributed by atoms with Crippen molar-refractivity contribution in [2.75, 3.05) is 0 Å². The summed E-state index contributed by atoms with van der Waals surface area (Å²) in [6.07, 6.45) is 0.464. The van der Waals surface area contributed by atoms with Gasteiger partial charge in [-0.3, -0.25) is 24.0 Å². The van der Waals surface area contributed by atoms with Crippen LogP contribution < -0.4 is 27.4 Å². The van der Waals surface area contributed by atoms with E-state index < -0.39 is 66.2 Å². The SMILES string of the molecule is CC(NC(=O)C(Cc1c[nH]c2ccccc12)NC(=O)C(N)CC(=O)O)C(=O)NC(CCC(N)=O)C(=O)O. The Kier molecular flexibility index (Phi) is 10.1. The Morgan fingerprint density at radius 1 is 0.946 bits per heavy atom. The average Bonchev–Trinajstić information content (AvgIpc) is 3.23.